The van der Waals surface area contributed by atoms with E-state index in [0.717, 1.165) is 6.07 Å². The third kappa shape index (κ3) is 4.56. The van der Waals surface area contributed by atoms with Crippen LogP contribution in [0.5, 0.6) is 17.2 Å². The Morgan fingerprint density at radius 3 is 2.64 bits per heavy atom. The summed E-state index contributed by atoms with van der Waals surface area (Å²) in [5.41, 5.74) is 0.0985. The number of ether oxygens (including phenoxy) is 2. The molecule has 1 aliphatic heterocycles. The second-order valence-electron chi connectivity index (χ2n) is 7.86. The molecule has 10 heteroatoms. The molecule has 0 spiro atoms. The van der Waals surface area contributed by atoms with Crippen molar-refractivity contribution in [3.8, 4) is 22.9 Å². The molecule has 0 bridgehead atoms. The normalized spacial score (nSPS) is 12.3. The van der Waals surface area contributed by atoms with Crippen LogP contribution in [-0.4, -0.2) is 27.8 Å². The van der Waals surface area contributed by atoms with Gasteiger partial charge in [-0.25, -0.2) is 13.8 Å². The first-order chi connectivity index (χ1) is 17.4. The monoisotopic (exact) mass is 489 g/mol. The average molecular weight is 489 g/mol. The van der Waals surface area contributed by atoms with E-state index in [0.29, 0.717) is 11.3 Å². The van der Waals surface area contributed by atoms with Crippen LogP contribution in [0.3, 0.4) is 0 Å². The van der Waals surface area contributed by atoms with Crippen molar-refractivity contribution in [1.29, 1.82) is 0 Å². The van der Waals surface area contributed by atoms with Crippen LogP contribution in [0.4, 0.5) is 14.6 Å². The maximum absolute atomic E-state index is 14.8. The third-order valence-corrected chi connectivity index (χ3v) is 5.41. The molecule has 2 aromatic carbocycles. The fourth-order valence-electron chi connectivity index (χ4n) is 3.69. The lowest BCUT2D eigenvalue weighted by Crippen LogP contribution is -2.26. The van der Waals surface area contributed by atoms with E-state index in [9.17, 15) is 23.2 Å². The predicted octanol–water partition coefficient (Wildman–Crippen LogP) is 4.06. The van der Waals surface area contributed by atoms with Crippen LogP contribution in [0, 0.1) is 11.6 Å². The molecular weight excluding hydrogens is 472 g/mol. The van der Waals surface area contributed by atoms with E-state index < -0.39 is 23.0 Å². The molecule has 0 aliphatic carbocycles. The largest absolute Gasteiger partial charge is 0.476 e. The number of rotatable bonds is 6. The van der Waals surface area contributed by atoms with Crippen molar-refractivity contribution in [3.63, 3.8) is 0 Å². The van der Waals surface area contributed by atoms with E-state index in [2.05, 4.69) is 10.3 Å². The van der Waals surface area contributed by atoms with E-state index in [1.165, 1.54) is 71.6 Å². The molecule has 1 aliphatic rings. The van der Waals surface area contributed by atoms with Crippen molar-refractivity contribution in [2.24, 2.45) is 0 Å². The molecular formula is C26H17F2N3O5. The predicted molar refractivity (Wildman–Crippen MR) is 125 cm³/mol. The summed E-state index contributed by atoms with van der Waals surface area (Å²) in [5.74, 6) is -1.67. The highest BCUT2D eigenvalue weighted by Gasteiger charge is 2.22. The number of fused-ring (bicyclic) bond motifs is 1. The number of halogens is 2. The van der Waals surface area contributed by atoms with Crippen molar-refractivity contribution in [2.45, 2.75) is 6.42 Å². The SMILES string of the molecule is O=C1COc2c(Oc3ccc(CC(=O)c4cccn(-c5ccc(F)cc5)c4=O)cc3F)ccnc2N1. The van der Waals surface area contributed by atoms with Crippen molar-refractivity contribution in [2.75, 3.05) is 11.9 Å². The Labute approximate surface area is 202 Å². The molecule has 1 N–H and O–H groups in total. The Balaban J connectivity index is 1.35. The fourth-order valence-corrected chi connectivity index (χ4v) is 3.69. The van der Waals surface area contributed by atoms with Crippen LogP contribution >= 0.6 is 0 Å². The van der Waals surface area contributed by atoms with Crippen molar-refractivity contribution >= 4 is 17.5 Å². The Kier molecular flexibility index (Phi) is 5.99. The molecule has 0 radical (unpaired) electrons. The first-order valence-corrected chi connectivity index (χ1v) is 10.8. The van der Waals surface area contributed by atoms with Gasteiger partial charge in [0.15, 0.2) is 35.5 Å². The molecule has 0 atom stereocenters. The van der Waals surface area contributed by atoms with E-state index in [-0.39, 0.29) is 47.6 Å². The number of pyridine rings is 2. The van der Waals surface area contributed by atoms with Crippen LogP contribution in [0.2, 0.25) is 0 Å². The molecule has 3 heterocycles. The minimum atomic E-state index is -0.734. The zero-order chi connectivity index (χ0) is 25.2. The van der Waals surface area contributed by atoms with Gasteiger partial charge in [0.2, 0.25) is 5.75 Å². The van der Waals surface area contributed by atoms with Gasteiger partial charge in [-0.2, -0.15) is 0 Å². The maximum Gasteiger partial charge on any atom is 0.265 e. The molecule has 5 rings (SSSR count). The number of benzene rings is 2. The number of carbonyl (C=O) groups is 2. The maximum atomic E-state index is 14.8. The zero-order valence-electron chi connectivity index (χ0n) is 18.5. The second kappa shape index (κ2) is 9.41. The van der Waals surface area contributed by atoms with Gasteiger partial charge in [-0.05, 0) is 54.1 Å². The summed E-state index contributed by atoms with van der Waals surface area (Å²) in [6.07, 6.45) is 2.64. The molecule has 0 saturated carbocycles. The Bertz CT molecular complexity index is 1550. The van der Waals surface area contributed by atoms with Gasteiger partial charge in [0, 0.05) is 30.6 Å². The van der Waals surface area contributed by atoms with Crippen LogP contribution in [0.25, 0.3) is 5.69 Å². The molecule has 0 saturated heterocycles. The van der Waals surface area contributed by atoms with Gasteiger partial charge in [0.25, 0.3) is 11.5 Å². The number of anilines is 1. The third-order valence-electron chi connectivity index (χ3n) is 5.41. The van der Waals surface area contributed by atoms with Gasteiger partial charge in [-0.3, -0.25) is 19.0 Å². The summed E-state index contributed by atoms with van der Waals surface area (Å²) in [6, 6.07) is 13.7. The van der Waals surface area contributed by atoms with Crippen molar-refractivity contribution in [3.05, 3.63) is 106 Å². The highest BCUT2D eigenvalue weighted by molar-refractivity contribution is 5.97. The molecule has 1 amide bonds. The number of Topliss-reactive ketones (excluding diaryl/α,β-unsaturated/α-hetero) is 1. The topological polar surface area (TPSA) is 99.5 Å². The number of aromatic nitrogens is 2. The summed E-state index contributed by atoms with van der Waals surface area (Å²) >= 11 is 0. The summed E-state index contributed by atoms with van der Waals surface area (Å²) in [7, 11) is 0. The number of nitrogens with one attached hydrogen (secondary N) is 1. The summed E-state index contributed by atoms with van der Waals surface area (Å²) in [4.78, 5) is 41.2. The highest BCUT2D eigenvalue weighted by Crippen LogP contribution is 2.38. The Hall–Kier alpha value is -4.86. The van der Waals surface area contributed by atoms with Crippen LogP contribution in [-0.2, 0) is 11.2 Å². The lowest BCUT2D eigenvalue weighted by Gasteiger charge is -2.19. The van der Waals surface area contributed by atoms with Crippen molar-refractivity contribution in [1.82, 2.24) is 9.55 Å². The quantitative estimate of drug-likeness (QED) is 0.410. The second-order valence-corrected chi connectivity index (χ2v) is 7.86. The molecule has 36 heavy (non-hydrogen) atoms. The number of carbonyl (C=O) groups excluding carboxylic acids is 2. The van der Waals surface area contributed by atoms with Crippen molar-refractivity contribution < 1.29 is 27.8 Å². The number of nitrogens with zero attached hydrogens (tertiary/aromatic N) is 2. The molecule has 2 aromatic heterocycles. The average Bonchev–Trinajstić information content (AvgIpc) is 2.86. The number of hydrogen-bond acceptors (Lipinski definition) is 6. The van der Waals surface area contributed by atoms with Crippen LogP contribution in [0.1, 0.15) is 15.9 Å². The number of hydrogen-bond donors (Lipinski definition) is 1. The summed E-state index contributed by atoms with van der Waals surface area (Å²) in [5, 5.41) is 2.54. The molecule has 180 valence electrons. The van der Waals surface area contributed by atoms with E-state index in [1.807, 2.05) is 0 Å². The molecule has 8 nitrogen and oxygen atoms in total. The minimum absolute atomic E-state index is 0.0785. The van der Waals surface area contributed by atoms with E-state index >= 15 is 0 Å². The zero-order valence-corrected chi connectivity index (χ0v) is 18.5. The lowest BCUT2D eigenvalue weighted by atomic mass is 10.0. The van der Waals surface area contributed by atoms with Gasteiger partial charge in [-0.15, -0.1) is 0 Å². The minimum Gasteiger partial charge on any atom is -0.476 e. The van der Waals surface area contributed by atoms with Crippen LogP contribution in [0.15, 0.2) is 77.9 Å². The van der Waals surface area contributed by atoms with Gasteiger partial charge >= 0.3 is 0 Å². The summed E-state index contributed by atoms with van der Waals surface area (Å²) < 4.78 is 40.3. The standard InChI is InChI=1S/C26H17F2N3O5/c27-16-4-6-17(7-5-16)31-11-1-2-18(26(31)34)20(32)13-15-3-8-21(19(28)12-15)36-22-9-10-29-25-24(22)35-14-23(33)30-25/h1-12H,13-14H2,(H,29,30,33). The van der Waals surface area contributed by atoms with Gasteiger partial charge in [0.05, 0.1) is 5.56 Å². The Morgan fingerprint density at radius 1 is 1.06 bits per heavy atom. The molecule has 4 aromatic rings. The number of ketones is 1. The van der Waals surface area contributed by atoms with Crippen LogP contribution < -0.4 is 20.3 Å². The van der Waals surface area contributed by atoms with E-state index in [1.54, 1.807) is 0 Å². The van der Waals surface area contributed by atoms with E-state index in [4.69, 9.17) is 9.47 Å². The van der Waals surface area contributed by atoms with Gasteiger partial charge in [-0.1, -0.05) is 6.07 Å². The smallest absolute Gasteiger partial charge is 0.265 e. The first-order valence-electron chi connectivity index (χ1n) is 10.8. The summed E-state index contributed by atoms with van der Waals surface area (Å²) in [6.45, 7) is -0.221. The highest BCUT2D eigenvalue weighted by atomic mass is 19.1. The molecule has 0 fully saturated rings. The fraction of sp³-hybridized carbons (Fsp3) is 0.0769. The number of amides is 1. The van der Waals surface area contributed by atoms with Gasteiger partial charge in [0.1, 0.15) is 5.82 Å². The molecule has 0 unspecified atom stereocenters. The first kappa shape index (κ1) is 22.9. The Morgan fingerprint density at radius 2 is 1.86 bits per heavy atom. The lowest BCUT2D eigenvalue weighted by molar-refractivity contribution is -0.118. The van der Waals surface area contributed by atoms with Gasteiger partial charge < -0.3 is 14.8 Å².